The molecule has 40 heavy (non-hydrogen) atoms. The lowest BCUT2D eigenvalue weighted by atomic mass is 9.51. The smallest absolute Gasteiger partial charge is 0.354 e. The zero-order valence-corrected chi connectivity index (χ0v) is 21.9. The molecule has 0 spiro atoms. The summed E-state index contributed by atoms with van der Waals surface area (Å²) in [5, 5.41) is 16.0. The van der Waals surface area contributed by atoms with Crippen LogP contribution in [-0.4, -0.2) is 56.6 Å². The molecule has 1 atom stereocenters. The fourth-order valence-corrected chi connectivity index (χ4v) is 5.71. The number of rotatable bonds is 7. The van der Waals surface area contributed by atoms with Crippen molar-refractivity contribution in [1.82, 2.24) is 19.9 Å². The van der Waals surface area contributed by atoms with Crippen molar-refractivity contribution in [2.45, 2.75) is 51.1 Å². The molecule has 0 radical (unpaired) electrons. The number of nitrogens with one attached hydrogen (secondary N) is 1. The van der Waals surface area contributed by atoms with Gasteiger partial charge in [-0.3, -0.25) is 14.4 Å². The molecule has 3 aliphatic carbocycles. The summed E-state index contributed by atoms with van der Waals surface area (Å²) >= 11 is 0. The summed E-state index contributed by atoms with van der Waals surface area (Å²) in [6, 6.07) is 7.78. The maximum absolute atomic E-state index is 13.1. The number of aromatic nitrogens is 3. The van der Waals surface area contributed by atoms with Crippen molar-refractivity contribution in [3.05, 3.63) is 65.4 Å². The number of hydrogen-bond donors (Lipinski definition) is 4. The van der Waals surface area contributed by atoms with Crippen LogP contribution in [0, 0.1) is 16.6 Å². The molecule has 6 rings (SSSR count). The first-order valence-electron chi connectivity index (χ1n) is 12.8. The first kappa shape index (κ1) is 28.6. The minimum Gasteiger partial charge on any atom is -0.477 e. The van der Waals surface area contributed by atoms with Crippen molar-refractivity contribution in [3.8, 4) is 0 Å². The van der Waals surface area contributed by atoms with Gasteiger partial charge in [-0.25, -0.2) is 18.7 Å². The molecule has 212 valence electrons. The number of aromatic carboxylic acids is 1. The molecule has 2 bridgehead atoms. The van der Waals surface area contributed by atoms with E-state index in [4.69, 9.17) is 16.2 Å². The SMILES string of the molecule is COC(=O)C12CCC(C(NC(=O)c3cc(C(=O)O)nc4ccnn34)C(N)=O)(CC1)CC2.NCc1ccc(F)cc1. The average Bonchev–Trinajstić information content (AvgIpc) is 3.45. The fraction of sp³-hybridized carbons (Fsp3) is 0.407. The molecule has 1 unspecified atom stereocenters. The normalized spacial score (nSPS) is 22.1. The average molecular weight is 555 g/mol. The Kier molecular flexibility index (Phi) is 8.14. The Balaban J connectivity index is 0.000000350. The number of methoxy groups -OCH3 is 1. The van der Waals surface area contributed by atoms with Gasteiger partial charge < -0.3 is 26.6 Å². The van der Waals surface area contributed by atoms with Gasteiger partial charge in [0.25, 0.3) is 5.91 Å². The Morgan fingerprint density at radius 3 is 2.25 bits per heavy atom. The van der Waals surface area contributed by atoms with Crippen molar-refractivity contribution in [1.29, 1.82) is 0 Å². The van der Waals surface area contributed by atoms with Gasteiger partial charge in [0.2, 0.25) is 5.91 Å². The Labute approximate surface area is 228 Å². The van der Waals surface area contributed by atoms with E-state index < -0.39 is 34.7 Å². The van der Waals surface area contributed by atoms with Crippen LogP contribution in [0.1, 0.15) is 65.1 Å². The minimum atomic E-state index is -1.29. The molecule has 3 aliphatic rings. The summed E-state index contributed by atoms with van der Waals surface area (Å²) in [5.41, 5.74) is 10.6. The summed E-state index contributed by atoms with van der Waals surface area (Å²) in [6.07, 6.45) is 4.70. The molecular weight excluding hydrogens is 523 g/mol. The number of carbonyl (C=O) groups is 4. The third-order valence-electron chi connectivity index (χ3n) is 8.06. The van der Waals surface area contributed by atoms with Gasteiger partial charge in [0.15, 0.2) is 11.3 Å². The second-order valence-corrected chi connectivity index (χ2v) is 10.2. The van der Waals surface area contributed by atoms with E-state index >= 15 is 0 Å². The van der Waals surface area contributed by atoms with Crippen LogP contribution in [0.5, 0.6) is 0 Å². The van der Waals surface area contributed by atoms with Crippen LogP contribution in [0.15, 0.2) is 42.6 Å². The maximum atomic E-state index is 13.1. The Hall–Kier alpha value is -4.39. The Bertz CT molecular complexity index is 1410. The van der Waals surface area contributed by atoms with E-state index in [1.54, 1.807) is 12.1 Å². The van der Waals surface area contributed by atoms with Crippen LogP contribution < -0.4 is 16.8 Å². The Morgan fingerprint density at radius 2 is 1.73 bits per heavy atom. The summed E-state index contributed by atoms with van der Waals surface area (Å²) in [7, 11) is 1.37. The van der Waals surface area contributed by atoms with Crippen LogP contribution in [0.2, 0.25) is 0 Å². The van der Waals surface area contributed by atoms with Crippen molar-refractivity contribution < 1.29 is 33.4 Å². The number of nitrogens with zero attached hydrogens (tertiary/aromatic N) is 3. The first-order valence-corrected chi connectivity index (χ1v) is 12.8. The molecule has 3 aromatic rings. The number of hydrogen-bond acceptors (Lipinski definition) is 8. The van der Waals surface area contributed by atoms with Crippen LogP contribution >= 0.6 is 0 Å². The lowest BCUT2D eigenvalue weighted by Gasteiger charge is -2.54. The van der Waals surface area contributed by atoms with Gasteiger partial charge in [0, 0.05) is 18.7 Å². The number of carboxylic acid groups (broad SMARTS) is 1. The Morgan fingerprint density at radius 1 is 1.10 bits per heavy atom. The number of primary amides is 1. The highest BCUT2D eigenvalue weighted by Crippen LogP contribution is 2.58. The second kappa shape index (κ2) is 11.4. The van der Waals surface area contributed by atoms with Crippen LogP contribution in [0.3, 0.4) is 0 Å². The molecule has 0 aliphatic heterocycles. The third-order valence-corrected chi connectivity index (χ3v) is 8.06. The predicted molar refractivity (Wildman–Crippen MR) is 139 cm³/mol. The number of esters is 1. The van der Waals surface area contributed by atoms with Gasteiger partial charge in [0.1, 0.15) is 17.6 Å². The zero-order chi connectivity index (χ0) is 29.1. The molecule has 0 saturated heterocycles. The van der Waals surface area contributed by atoms with Gasteiger partial charge >= 0.3 is 11.9 Å². The largest absolute Gasteiger partial charge is 0.477 e. The van der Waals surface area contributed by atoms with Crippen molar-refractivity contribution >= 4 is 29.4 Å². The highest BCUT2D eigenvalue weighted by Gasteiger charge is 2.57. The summed E-state index contributed by atoms with van der Waals surface area (Å²) in [4.78, 5) is 53.1. The van der Waals surface area contributed by atoms with E-state index in [2.05, 4.69) is 15.4 Å². The minimum absolute atomic E-state index is 0.0643. The lowest BCUT2D eigenvalue weighted by Crippen LogP contribution is -2.60. The topological polar surface area (TPSA) is 192 Å². The number of ether oxygens (including phenoxy) is 1. The maximum Gasteiger partial charge on any atom is 0.354 e. The zero-order valence-electron chi connectivity index (χ0n) is 21.9. The van der Waals surface area contributed by atoms with Gasteiger partial charge in [-0.05, 0) is 61.6 Å². The molecule has 13 heteroatoms. The molecule has 2 heterocycles. The van der Waals surface area contributed by atoms with Crippen molar-refractivity contribution in [2.75, 3.05) is 7.11 Å². The first-order chi connectivity index (χ1) is 19.0. The van der Waals surface area contributed by atoms with Crippen molar-refractivity contribution in [3.63, 3.8) is 0 Å². The number of halogens is 1. The van der Waals surface area contributed by atoms with Crippen LogP contribution in [0.25, 0.3) is 5.65 Å². The third kappa shape index (κ3) is 5.50. The van der Waals surface area contributed by atoms with Crippen LogP contribution in [0.4, 0.5) is 4.39 Å². The monoisotopic (exact) mass is 554 g/mol. The lowest BCUT2D eigenvalue weighted by molar-refractivity contribution is -0.164. The fourth-order valence-electron chi connectivity index (χ4n) is 5.71. The van der Waals surface area contributed by atoms with Crippen LogP contribution in [-0.2, 0) is 20.9 Å². The quantitative estimate of drug-likeness (QED) is 0.315. The molecule has 1 aromatic carbocycles. The second-order valence-electron chi connectivity index (χ2n) is 10.2. The molecule has 3 saturated carbocycles. The predicted octanol–water partition coefficient (Wildman–Crippen LogP) is 1.81. The standard InChI is InChI=1S/C20H23N5O6.C7H8FN/c1-31-18(30)20-6-3-19(4-7-20,5-8-20)14(15(21)26)24-16(27)12-10-11(17(28)29)23-13-2-9-22-25(12)13;8-7-3-1-6(5-9)2-4-7/h2,9-10,14H,3-8H2,1H3,(H2,21,26)(H,24,27)(H,28,29);1-4H,5,9H2. The van der Waals surface area contributed by atoms with Crippen molar-refractivity contribution in [2.24, 2.45) is 22.3 Å². The van der Waals surface area contributed by atoms with E-state index in [9.17, 15) is 28.7 Å². The molecule has 2 aromatic heterocycles. The highest BCUT2D eigenvalue weighted by molar-refractivity contribution is 5.98. The van der Waals surface area contributed by atoms with E-state index in [0.29, 0.717) is 45.1 Å². The molecule has 3 fully saturated rings. The van der Waals surface area contributed by atoms with E-state index in [0.717, 1.165) is 11.6 Å². The van der Waals surface area contributed by atoms with Gasteiger partial charge in [-0.1, -0.05) is 12.1 Å². The number of fused-ring (bicyclic) bond motifs is 4. The van der Waals surface area contributed by atoms with E-state index in [-0.39, 0.29) is 28.8 Å². The summed E-state index contributed by atoms with van der Waals surface area (Å²) in [5.74, 6) is -3.09. The highest BCUT2D eigenvalue weighted by atomic mass is 19.1. The van der Waals surface area contributed by atoms with Gasteiger partial charge in [-0.15, -0.1) is 0 Å². The number of carboxylic acids is 1. The number of nitrogens with two attached hydrogens (primary N) is 2. The number of carbonyl (C=O) groups excluding carboxylic acids is 3. The molecule has 12 nitrogen and oxygen atoms in total. The van der Waals surface area contributed by atoms with E-state index in [1.807, 2.05) is 0 Å². The number of benzene rings is 1. The summed E-state index contributed by atoms with van der Waals surface area (Å²) < 4.78 is 18.4. The summed E-state index contributed by atoms with van der Waals surface area (Å²) in [6.45, 7) is 0.472. The number of amides is 2. The molecular formula is C27H31FN6O6. The van der Waals surface area contributed by atoms with E-state index in [1.165, 1.54) is 36.0 Å². The molecule has 6 N–H and O–H groups in total. The van der Waals surface area contributed by atoms with Gasteiger partial charge in [0.05, 0.1) is 18.7 Å². The van der Waals surface area contributed by atoms with Gasteiger partial charge in [-0.2, -0.15) is 5.10 Å². The molecule has 2 amide bonds.